The second-order valence-electron chi connectivity index (χ2n) is 8.40. The molecule has 3 rings (SSSR count). The molecule has 0 fully saturated rings. The number of benzene rings is 3. The molecular formula is C27H30ClN3O5S. The van der Waals surface area contributed by atoms with Crippen LogP contribution in [-0.4, -0.2) is 50.5 Å². The van der Waals surface area contributed by atoms with E-state index in [4.69, 9.17) is 16.3 Å². The number of nitrogens with zero attached hydrogens (tertiary/aromatic N) is 2. The molecule has 1 atom stereocenters. The number of nitrogens with one attached hydrogen (secondary N) is 1. The molecule has 0 aliphatic rings. The summed E-state index contributed by atoms with van der Waals surface area (Å²) in [7, 11) is -3.83. The monoisotopic (exact) mass is 543 g/mol. The summed E-state index contributed by atoms with van der Waals surface area (Å²) >= 11 is 6.11. The standard InChI is InChI=1S/C27H30ClN3O5S/c1-4-29-27(33)20(2)30(18-21-9-8-10-22(28)17-21)26(32)19-31(37(3,34)35)23-13-15-25(16-14-23)36-24-11-6-5-7-12-24/h5-17,20H,4,18-19H2,1-3H3,(H,29,33)/t20-/m1/s1. The molecule has 37 heavy (non-hydrogen) atoms. The van der Waals surface area contributed by atoms with Gasteiger partial charge in [-0.3, -0.25) is 13.9 Å². The number of carbonyl (C=O) groups excluding carboxylic acids is 2. The van der Waals surface area contributed by atoms with Gasteiger partial charge in [0.1, 0.15) is 24.1 Å². The number of halogens is 1. The van der Waals surface area contributed by atoms with Crippen molar-refractivity contribution in [1.29, 1.82) is 0 Å². The highest BCUT2D eigenvalue weighted by Crippen LogP contribution is 2.26. The van der Waals surface area contributed by atoms with Gasteiger partial charge in [0.15, 0.2) is 0 Å². The Hall–Kier alpha value is -3.56. The number of amides is 2. The first kappa shape index (κ1) is 28.0. The van der Waals surface area contributed by atoms with Crippen LogP contribution in [-0.2, 0) is 26.2 Å². The van der Waals surface area contributed by atoms with Crippen LogP contribution in [0.15, 0.2) is 78.9 Å². The molecule has 0 saturated carbocycles. The first-order chi connectivity index (χ1) is 17.6. The number of hydrogen-bond acceptors (Lipinski definition) is 5. The number of carbonyl (C=O) groups is 2. The Labute approximate surface area is 222 Å². The molecule has 10 heteroatoms. The maximum Gasteiger partial charge on any atom is 0.244 e. The zero-order valence-corrected chi connectivity index (χ0v) is 22.5. The average Bonchev–Trinajstić information content (AvgIpc) is 2.86. The number of sulfonamides is 1. The van der Waals surface area contributed by atoms with Crippen molar-refractivity contribution < 1.29 is 22.7 Å². The summed E-state index contributed by atoms with van der Waals surface area (Å²) in [6.45, 7) is 3.38. The minimum atomic E-state index is -3.83. The van der Waals surface area contributed by atoms with Gasteiger partial charge in [0.05, 0.1) is 11.9 Å². The molecule has 0 aromatic heterocycles. The van der Waals surface area contributed by atoms with Crippen LogP contribution in [0.25, 0.3) is 0 Å². The van der Waals surface area contributed by atoms with Gasteiger partial charge in [-0.25, -0.2) is 8.42 Å². The molecule has 0 saturated heterocycles. The van der Waals surface area contributed by atoms with Crippen molar-refractivity contribution in [3.8, 4) is 11.5 Å². The van der Waals surface area contributed by atoms with Gasteiger partial charge < -0.3 is 15.0 Å². The number of likely N-dealkylation sites (N-methyl/N-ethyl adjacent to an activating group) is 1. The zero-order chi connectivity index (χ0) is 27.0. The number of para-hydroxylation sites is 1. The van der Waals surface area contributed by atoms with E-state index in [2.05, 4.69) is 5.32 Å². The third kappa shape index (κ3) is 7.96. The lowest BCUT2D eigenvalue weighted by molar-refractivity contribution is -0.139. The molecule has 3 aromatic carbocycles. The fourth-order valence-corrected chi connectivity index (χ4v) is 4.72. The Morgan fingerprint density at radius 1 is 0.973 bits per heavy atom. The van der Waals surface area contributed by atoms with Gasteiger partial charge in [0.25, 0.3) is 0 Å². The summed E-state index contributed by atoms with van der Waals surface area (Å²) in [5.74, 6) is 0.281. The Morgan fingerprint density at radius 3 is 2.22 bits per heavy atom. The largest absolute Gasteiger partial charge is 0.457 e. The third-order valence-corrected chi connectivity index (χ3v) is 6.92. The van der Waals surface area contributed by atoms with Crippen LogP contribution in [0.2, 0.25) is 5.02 Å². The van der Waals surface area contributed by atoms with Crippen LogP contribution in [0.1, 0.15) is 19.4 Å². The summed E-state index contributed by atoms with van der Waals surface area (Å²) in [5.41, 5.74) is 1.01. The van der Waals surface area contributed by atoms with Gasteiger partial charge in [-0.15, -0.1) is 0 Å². The van der Waals surface area contributed by atoms with Crippen molar-refractivity contribution >= 4 is 39.1 Å². The molecule has 0 aliphatic heterocycles. The van der Waals surface area contributed by atoms with E-state index in [9.17, 15) is 18.0 Å². The normalized spacial score (nSPS) is 11.9. The SMILES string of the molecule is CCNC(=O)[C@@H](C)N(Cc1cccc(Cl)c1)C(=O)CN(c1ccc(Oc2ccccc2)cc1)S(C)(=O)=O. The van der Waals surface area contributed by atoms with Crippen LogP contribution < -0.4 is 14.4 Å². The van der Waals surface area contributed by atoms with Crippen LogP contribution in [0.5, 0.6) is 11.5 Å². The van der Waals surface area contributed by atoms with Crippen LogP contribution in [0, 0.1) is 0 Å². The minimum absolute atomic E-state index is 0.0825. The molecule has 0 spiro atoms. The van der Waals surface area contributed by atoms with E-state index in [1.54, 1.807) is 74.5 Å². The van der Waals surface area contributed by atoms with Gasteiger partial charge in [-0.1, -0.05) is 41.9 Å². The van der Waals surface area contributed by atoms with E-state index >= 15 is 0 Å². The molecule has 0 radical (unpaired) electrons. The first-order valence-corrected chi connectivity index (χ1v) is 13.9. The second kappa shape index (κ2) is 12.6. The van der Waals surface area contributed by atoms with Gasteiger partial charge in [0, 0.05) is 18.1 Å². The van der Waals surface area contributed by atoms with Crippen molar-refractivity contribution in [3.63, 3.8) is 0 Å². The molecule has 0 heterocycles. The lowest BCUT2D eigenvalue weighted by Gasteiger charge is -2.31. The molecular weight excluding hydrogens is 514 g/mol. The van der Waals surface area contributed by atoms with Crippen molar-refractivity contribution in [2.75, 3.05) is 23.7 Å². The fraction of sp³-hybridized carbons (Fsp3) is 0.259. The number of anilines is 1. The highest BCUT2D eigenvalue weighted by molar-refractivity contribution is 7.92. The van der Waals surface area contributed by atoms with Crippen molar-refractivity contribution in [2.24, 2.45) is 0 Å². The Morgan fingerprint density at radius 2 is 1.62 bits per heavy atom. The molecule has 0 unspecified atom stereocenters. The van der Waals surface area contributed by atoms with Crippen LogP contribution in [0.4, 0.5) is 5.69 Å². The van der Waals surface area contributed by atoms with Gasteiger partial charge in [-0.2, -0.15) is 0 Å². The highest BCUT2D eigenvalue weighted by atomic mass is 35.5. The summed E-state index contributed by atoms with van der Waals surface area (Å²) in [5, 5.41) is 3.21. The maximum atomic E-state index is 13.5. The first-order valence-electron chi connectivity index (χ1n) is 11.7. The summed E-state index contributed by atoms with van der Waals surface area (Å²) in [4.78, 5) is 27.5. The molecule has 2 amide bonds. The van der Waals surface area contributed by atoms with Crippen molar-refractivity contribution in [2.45, 2.75) is 26.4 Å². The Kier molecular flexibility index (Phi) is 9.54. The summed E-state index contributed by atoms with van der Waals surface area (Å²) in [6.07, 6.45) is 1.03. The molecule has 8 nitrogen and oxygen atoms in total. The predicted octanol–water partition coefficient (Wildman–Crippen LogP) is 4.45. The van der Waals surface area contributed by atoms with Gasteiger partial charge in [0.2, 0.25) is 21.8 Å². The molecule has 0 aliphatic carbocycles. The van der Waals surface area contributed by atoms with E-state index in [-0.39, 0.29) is 12.5 Å². The lowest BCUT2D eigenvalue weighted by Crippen LogP contribution is -2.51. The minimum Gasteiger partial charge on any atom is -0.457 e. The van der Waals surface area contributed by atoms with Gasteiger partial charge in [-0.05, 0) is 67.9 Å². The van der Waals surface area contributed by atoms with Crippen molar-refractivity contribution in [3.05, 3.63) is 89.4 Å². The molecule has 1 N–H and O–H groups in total. The van der Waals surface area contributed by atoms with Crippen LogP contribution >= 0.6 is 11.6 Å². The van der Waals surface area contributed by atoms with Crippen LogP contribution in [0.3, 0.4) is 0 Å². The average molecular weight is 544 g/mol. The maximum absolute atomic E-state index is 13.5. The summed E-state index contributed by atoms with van der Waals surface area (Å²) < 4.78 is 32.2. The molecule has 3 aromatic rings. The topological polar surface area (TPSA) is 96.0 Å². The summed E-state index contributed by atoms with van der Waals surface area (Å²) in [6, 6.07) is 21.7. The predicted molar refractivity (Wildman–Crippen MR) is 145 cm³/mol. The zero-order valence-electron chi connectivity index (χ0n) is 20.9. The van der Waals surface area contributed by atoms with Crippen molar-refractivity contribution in [1.82, 2.24) is 10.2 Å². The second-order valence-corrected chi connectivity index (χ2v) is 10.7. The third-order valence-electron chi connectivity index (χ3n) is 5.54. The quantitative estimate of drug-likeness (QED) is 0.385. The molecule has 196 valence electrons. The van der Waals surface area contributed by atoms with E-state index in [1.807, 2.05) is 18.2 Å². The molecule has 0 bridgehead atoms. The van der Waals surface area contributed by atoms with E-state index in [0.717, 1.165) is 10.6 Å². The number of ether oxygens (including phenoxy) is 1. The fourth-order valence-electron chi connectivity index (χ4n) is 3.66. The highest BCUT2D eigenvalue weighted by Gasteiger charge is 2.30. The number of hydrogen-bond donors (Lipinski definition) is 1. The Balaban J connectivity index is 1.85. The van der Waals surface area contributed by atoms with E-state index < -0.39 is 28.5 Å². The lowest BCUT2D eigenvalue weighted by atomic mass is 10.1. The number of rotatable bonds is 11. The van der Waals surface area contributed by atoms with E-state index in [0.29, 0.717) is 34.3 Å². The van der Waals surface area contributed by atoms with E-state index in [1.165, 1.54) is 4.90 Å². The Bertz CT molecular complexity index is 1320. The smallest absolute Gasteiger partial charge is 0.244 e. The van der Waals surface area contributed by atoms with Gasteiger partial charge >= 0.3 is 0 Å².